The molecular formula is C21H24N4O2. The molecule has 6 nitrogen and oxygen atoms in total. The zero-order valence-corrected chi connectivity index (χ0v) is 15.4. The van der Waals surface area contributed by atoms with E-state index in [4.69, 9.17) is 4.42 Å². The van der Waals surface area contributed by atoms with Crippen LogP contribution in [0.4, 0.5) is 10.6 Å². The summed E-state index contributed by atoms with van der Waals surface area (Å²) in [6, 6.07) is 13.4. The number of fused-ring (bicyclic) bond motifs is 1. The van der Waals surface area contributed by atoms with Gasteiger partial charge in [-0.1, -0.05) is 24.3 Å². The van der Waals surface area contributed by atoms with E-state index in [0.717, 1.165) is 41.2 Å². The Morgan fingerprint density at radius 3 is 2.78 bits per heavy atom. The minimum Gasteiger partial charge on any atom is -0.459 e. The van der Waals surface area contributed by atoms with E-state index in [1.54, 1.807) is 0 Å². The van der Waals surface area contributed by atoms with Crippen LogP contribution in [0.25, 0.3) is 11.0 Å². The normalized spacial score (nSPS) is 15.1. The Morgan fingerprint density at radius 2 is 2.04 bits per heavy atom. The molecule has 2 N–H and O–H groups in total. The topological polar surface area (TPSA) is 70.4 Å². The summed E-state index contributed by atoms with van der Waals surface area (Å²) in [7, 11) is 0. The Bertz CT molecular complexity index is 880. The van der Waals surface area contributed by atoms with Crippen molar-refractivity contribution in [2.75, 3.05) is 18.0 Å². The van der Waals surface area contributed by atoms with E-state index >= 15 is 0 Å². The lowest BCUT2D eigenvalue weighted by molar-refractivity contribution is 0.236. The smallest absolute Gasteiger partial charge is 0.315 e. The largest absolute Gasteiger partial charge is 0.459 e. The van der Waals surface area contributed by atoms with Gasteiger partial charge in [0, 0.05) is 31.2 Å². The van der Waals surface area contributed by atoms with Crippen LogP contribution < -0.4 is 15.5 Å². The highest BCUT2D eigenvalue weighted by molar-refractivity contribution is 5.78. The predicted octanol–water partition coefficient (Wildman–Crippen LogP) is 3.99. The second-order valence-corrected chi connectivity index (χ2v) is 6.95. The second-order valence-electron chi connectivity index (χ2n) is 6.95. The molecule has 3 aromatic rings. The third-order valence-corrected chi connectivity index (χ3v) is 4.91. The number of nitrogens with one attached hydrogen (secondary N) is 2. The molecule has 0 spiro atoms. The molecule has 0 unspecified atom stereocenters. The van der Waals surface area contributed by atoms with Gasteiger partial charge in [0.2, 0.25) is 0 Å². The van der Waals surface area contributed by atoms with Crippen LogP contribution in [0.3, 0.4) is 0 Å². The molecule has 0 radical (unpaired) electrons. The Balaban J connectivity index is 1.29. The standard InChI is InChI=1S/C21H24N4O2/c1-15(19-12-17-6-2-3-7-18(17)27-19)24-21(26)23-14-16-8-9-20(22-13-16)25-10-4-5-11-25/h2-3,6-9,12-13,15H,4-5,10-11,14H2,1H3,(H2,23,24,26)/t15-/m1/s1. The first-order valence-corrected chi connectivity index (χ1v) is 9.42. The van der Waals surface area contributed by atoms with Crippen molar-refractivity contribution >= 4 is 22.8 Å². The van der Waals surface area contributed by atoms with Crippen LogP contribution in [0, 0.1) is 0 Å². The molecule has 140 valence electrons. The van der Waals surface area contributed by atoms with Crippen molar-refractivity contribution in [1.82, 2.24) is 15.6 Å². The van der Waals surface area contributed by atoms with Crippen LogP contribution in [-0.4, -0.2) is 24.1 Å². The van der Waals surface area contributed by atoms with Crippen molar-refractivity contribution in [3.8, 4) is 0 Å². The van der Waals surface area contributed by atoms with Crippen molar-refractivity contribution in [3.05, 3.63) is 60.0 Å². The Morgan fingerprint density at radius 1 is 1.22 bits per heavy atom. The number of hydrogen-bond donors (Lipinski definition) is 2. The highest BCUT2D eigenvalue weighted by atomic mass is 16.3. The lowest BCUT2D eigenvalue weighted by Gasteiger charge is -2.16. The minimum atomic E-state index is -0.230. The van der Waals surface area contributed by atoms with Gasteiger partial charge in [-0.25, -0.2) is 9.78 Å². The third kappa shape index (κ3) is 4.05. The number of carbonyl (C=O) groups is 1. The first kappa shape index (κ1) is 17.4. The summed E-state index contributed by atoms with van der Waals surface area (Å²) in [4.78, 5) is 19.0. The number of aromatic nitrogens is 1. The molecule has 6 heteroatoms. The van der Waals surface area contributed by atoms with E-state index < -0.39 is 0 Å². The van der Waals surface area contributed by atoms with Crippen molar-refractivity contribution in [2.24, 2.45) is 0 Å². The number of para-hydroxylation sites is 1. The monoisotopic (exact) mass is 364 g/mol. The summed E-state index contributed by atoms with van der Waals surface area (Å²) >= 11 is 0. The van der Waals surface area contributed by atoms with Crippen molar-refractivity contribution in [3.63, 3.8) is 0 Å². The van der Waals surface area contributed by atoms with E-state index in [0.29, 0.717) is 6.54 Å². The second kappa shape index (κ2) is 7.70. The molecule has 2 aromatic heterocycles. The van der Waals surface area contributed by atoms with Gasteiger partial charge in [0.1, 0.15) is 17.2 Å². The number of amides is 2. The van der Waals surface area contributed by atoms with Gasteiger partial charge in [-0.2, -0.15) is 0 Å². The number of benzene rings is 1. The molecule has 3 heterocycles. The number of rotatable bonds is 5. The summed E-state index contributed by atoms with van der Waals surface area (Å²) in [5.41, 5.74) is 1.80. The summed E-state index contributed by atoms with van der Waals surface area (Å²) in [5, 5.41) is 6.82. The summed E-state index contributed by atoms with van der Waals surface area (Å²) in [6.45, 7) is 4.50. The number of hydrogen-bond acceptors (Lipinski definition) is 4. The van der Waals surface area contributed by atoms with Gasteiger partial charge >= 0.3 is 6.03 Å². The third-order valence-electron chi connectivity index (χ3n) is 4.91. The number of anilines is 1. The molecule has 1 aromatic carbocycles. The lowest BCUT2D eigenvalue weighted by Crippen LogP contribution is -2.36. The van der Waals surface area contributed by atoms with E-state index in [2.05, 4.69) is 20.5 Å². The number of urea groups is 1. The average Bonchev–Trinajstić information content (AvgIpc) is 3.36. The summed E-state index contributed by atoms with van der Waals surface area (Å²) in [6.07, 6.45) is 4.29. The van der Waals surface area contributed by atoms with Gasteiger partial charge in [0.25, 0.3) is 0 Å². The molecule has 27 heavy (non-hydrogen) atoms. The van der Waals surface area contributed by atoms with Crippen LogP contribution in [0.2, 0.25) is 0 Å². The van der Waals surface area contributed by atoms with Gasteiger partial charge in [-0.3, -0.25) is 0 Å². The van der Waals surface area contributed by atoms with E-state index in [1.807, 2.05) is 55.6 Å². The van der Waals surface area contributed by atoms with Gasteiger partial charge in [-0.05, 0) is 43.5 Å². The summed E-state index contributed by atoms with van der Waals surface area (Å²) < 4.78 is 5.80. The number of nitrogens with zero attached hydrogens (tertiary/aromatic N) is 2. The fourth-order valence-corrected chi connectivity index (χ4v) is 3.37. The maximum absolute atomic E-state index is 12.2. The van der Waals surface area contributed by atoms with Gasteiger partial charge in [0.15, 0.2) is 0 Å². The Kier molecular flexibility index (Phi) is 4.96. The maximum atomic E-state index is 12.2. The molecule has 4 rings (SSSR count). The van der Waals surface area contributed by atoms with Crippen molar-refractivity contribution in [2.45, 2.75) is 32.4 Å². The van der Waals surface area contributed by atoms with E-state index in [-0.39, 0.29) is 12.1 Å². The highest BCUT2D eigenvalue weighted by Gasteiger charge is 2.15. The lowest BCUT2D eigenvalue weighted by atomic mass is 10.2. The first-order valence-electron chi connectivity index (χ1n) is 9.42. The van der Waals surface area contributed by atoms with Gasteiger partial charge in [0.05, 0.1) is 6.04 Å². The highest BCUT2D eigenvalue weighted by Crippen LogP contribution is 2.23. The summed E-state index contributed by atoms with van der Waals surface area (Å²) in [5.74, 6) is 1.75. The van der Waals surface area contributed by atoms with Gasteiger partial charge in [-0.15, -0.1) is 0 Å². The molecular weight excluding hydrogens is 340 g/mol. The molecule has 2 amide bonds. The van der Waals surface area contributed by atoms with E-state index in [1.165, 1.54) is 12.8 Å². The minimum absolute atomic E-state index is 0.215. The Labute approximate surface area is 158 Å². The maximum Gasteiger partial charge on any atom is 0.315 e. The number of carbonyl (C=O) groups excluding carboxylic acids is 1. The molecule has 1 aliphatic rings. The average molecular weight is 364 g/mol. The van der Waals surface area contributed by atoms with Crippen molar-refractivity contribution in [1.29, 1.82) is 0 Å². The zero-order valence-electron chi connectivity index (χ0n) is 15.4. The fourth-order valence-electron chi connectivity index (χ4n) is 3.37. The quantitative estimate of drug-likeness (QED) is 0.718. The van der Waals surface area contributed by atoms with Crippen molar-refractivity contribution < 1.29 is 9.21 Å². The van der Waals surface area contributed by atoms with Crippen LogP contribution in [0.15, 0.2) is 53.1 Å². The molecule has 1 atom stereocenters. The number of furan rings is 1. The van der Waals surface area contributed by atoms with Crippen LogP contribution in [-0.2, 0) is 6.54 Å². The molecule has 0 bridgehead atoms. The van der Waals surface area contributed by atoms with Crippen LogP contribution in [0.1, 0.15) is 37.1 Å². The Hall–Kier alpha value is -3.02. The SMILES string of the molecule is C[C@@H](NC(=O)NCc1ccc(N2CCCC2)nc1)c1cc2ccccc2o1. The molecule has 1 saturated heterocycles. The zero-order chi connectivity index (χ0) is 18.6. The fraction of sp³-hybridized carbons (Fsp3) is 0.333. The first-order chi connectivity index (χ1) is 13.2. The van der Waals surface area contributed by atoms with E-state index in [9.17, 15) is 4.79 Å². The molecule has 0 saturated carbocycles. The van der Waals surface area contributed by atoms with Crippen LogP contribution in [0.5, 0.6) is 0 Å². The molecule has 0 aliphatic carbocycles. The number of pyridine rings is 1. The molecule has 1 fully saturated rings. The predicted molar refractivity (Wildman–Crippen MR) is 106 cm³/mol. The van der Waals surface area contributed by atoms with Crippen LogP contribution >= 0.6 is 0 Å². The van der Waals surface area contributed by atoms with Gasteiger partial charge < -0.3 is 20.0 Å². The molecule has 1 aliphatic heterocycles.